The number of aromatic hydroxyl groups is 1. The van der Waals surface area contributed by atoms with Gasteiger partial charge in [-0.2, -0.15) is 0 Å². The van der Waals surface area contributed by atoms with Crippen molar-refractivity contribution in [2.75, 3.05) is 13.7 Å². The van der Waals surface area contributed by atoms with Crippen molar-refractivity contribution >= 4 is 12.2 Å². The van der Waals surface area contributed by atoms with E-state index in [2.05, 4.69) is 10.3 Å². The number of hydrogen-bond acceptors (Lipinski definition) is 7. The predicted molar refractivity (Wildman–Crippen MR) is 116 cm³/mol. The minimum Gasteiger partial charge on any atom is -0.503 e. The molecule has 1 amide bonds. The quantitative estimate of drug-likeness (QED) is 0.498. The summed E-state index contributed by atoms with van der Waals surface area (Å²) in [5, 5.41) is 12.7. The lowest BCUT2D eigenvalue weighted by atomic mass is 10.0. The van der Waals surface area contributed by atoms with Crippen LogP contribution in [0.5, 0.6) is 17.2 Å². The molecule has 31 heavy (non-hydrogen) atoms. The van der Waals surface area contributed by atoms with Crippen LogP contribution in [0.25, 0.3) is 0 Å². The average molecular weight is 431 g/mol. The first kappa shape index (κ1) is 24.1. The first-order valence-electron chi connectivity index (χ1n) is 10.2. The molecule has 0 radical (unpaired) electrons. The van der Waals surface area contributed by atoms with Gasteiger partial charge < -0.3 is 29.4 Å². The van der Waals surface area contributed by atoms with Crippen molar-refractivity contribution in [3.05, 3.63) is 48.3 Å². The Morgan fingerprint density at radius 1 is 1.29 bits per heavy atom. The Morgan fingerprint density at radius 2 is 2.00 bits per heavy atom. The summed E-state index contributed by atoms with van der Waals surface area (Å²) < 4.78 is 17.0. The SMILES string of the molecule is CCC[C@H](OC[C@@](C)(C=O)NC(=O)c1nccc(OC)c1O)[C@@H](C)Oc1ccccc1. The molecule has 8 heteroatoms. The molecule has 0 aliphatic heterocycles. The number of para-hydroxylation sites is 1. The van der Waals surface area contributed by atoms with Crippen LogP contribution in [0.1, 0.15) is 44.1 Å². The molecule has 0 saturated heterocycles. The highest BCUT2D eigenvalue weighted by molar-refractivity contribution is 5.97. The van der Waals surface area contributed by atoms with Crippen molar-refractivity contribution in [3.8, 4) is 17.2 Å². The van der Waals surface area contributed by atoms with Gasteiger partial charge in [0.15, 0.2) is 17.2 Å². The van der Waals surface area contributed by atoms with Crippen LogP contribution in [0, 0.1) is 0 Å². The largest absolute Gasteiger partial charge is 0.503 e. The minimum absolute atomic E-state index is 0.0693. The molecule has 2 rings (SSSR count). The molecule has 0 saturated carbocycles. The van der Waals surface area contributed by atoms with E-state index in [-0.39, 0.29) is 30.3 Å². The van der Waals surface area contributed by atoms with E-state index in [9.17, 15) is 14.7 Å². The lowest BCUT2D eigenvalue weighted by molar-refractivity contribution is -0.117. The monoisotopic (exact) mass is 430 g/mol. The van der Waals surface area contributed by atoms with Crippen molar-refractivity contribution in [1.29, 1.82) is 0 Å². The first-order valence-corrected chi connectivity index (χ1v) is 10.2. The van der Waals surface area contributed by atoms with Crippen LogP contribution in [-0.2, 0) is 9.53 Å². The van der Waals surface area contributed by atoms with Gasteiger partial charge >= 0.3 is 0 Å². The number of benzene rings is 1. The molecule has 0 bridgehead atoms. The van der Waals surface area contributed by atoms with Gasteiger partial charge in [-0.3, -0.25) is 4.79 Å². The molecule has 1 aromatic heterocycles. The van der Waals surface area contributed by atoms with Gasteiger partial charge in [0.1, 0.15) is 23.7 Å². The number of pyridine rings is 1. The van der Waals surface area contributed by atoms with Crippen molar-refractivity contribution in [3.63, 3.8) is 0 Å². The molecule has 0 unspecified atom stereocenters. The fourth-order valence-electron chi connectivity index (χ4n) is 2.99. The number of rotatable bonds is 12. The molecule has 168 valence electrons. The highest BCUT2D eigenvalue weighted by atomic mass is 16.5. The third-order valence-electron chi connectivity index (χ3n) is 4.74. The smallest absolute Gasteiger partial charge is 0.274 e. The number of hydrogen-bond donors (Lipinski definition) is 2. The number of carbonyl (C=O) groups excluding carboxylic acids is 2. The van der Waals surface area contributed by atoms with Gasteiger partial charge in [-0.25, -0.2) is 4.98 Å². The molecule has 0 aliphatic rings. The third-order valence-corrected chi connectivity index (χ3v) is 4.74. The highest BCUT2D eigenvalue weighted by Crippen LogP contribution is 2.27. The number of nitrogens with zero attached hydrogens (tertiary/aromatic N) is 1. The summed E-state index contributed by atoms with van der Waals surface area (Å²) in [4.78, 5) is 28.3. The lowest BCUT2D eigenvalue weighted by Gasteiger charge is -2.30. The number of nitrogens with one attached hydrogen (secondary N) is 1. The van der Waals surface area contributed by atoms with Crippen molar-refractivity contribution in [1.82, 2.24) is 10.3 Å². The predicted octanol–water partition coefficient (Wildman–Crippen LogP) is 3.14. The van der Waals surface area contributed by atoms with Gasteiger partial charge in [-0.15, -0.1) is 0 Å². The average Bonchev–Trinajstić information content (AvgIpc) is 2.77. The summed E-state index contributed by atoms with van der Waals surface area (Å²) in [6.07, 6.45) is 2.96. The van der Waals surface area contributed by atoms with Crippen LogP contribution in [-0.4, -0.2) is 53.7 Å². The van der Waals surface area contributed by atoms with Gasteiger partial charge in [0, 0.05) is 12.3 Å². The maximum absolute atomic E-state index is 12.6. The standard InChI is InChI=1S/C23H30N2O6/c1-5-9-18(16(2)31-17-10-7-6-8-11-17)30-15-23(3,14-26)25-22(28)20-21(27)19(29-4)12-13-24-20/h6-8,10-14,16,18,27H,5,9,15H2,1-4H3,(H,25,28)/t16-,18+,23-/m1/s1. The molecule has 0 spiro atoms. The van der Waals surface area contributed by atoms with E-state index < -0.39 is 17.2 Å². The Morgan fingerprint density at radius 3 is 2.61 bits per heavy atom. The summed E-state index contributed by atoms with van der Waals surface area (Å²) in [6.45, 7) is 5.41. The summed E-state index contributed by atoms with van der Waals surface area (Å²) in [5.41, 5.74) is -1.56. The fraction of sp³-hybridized carbons (Fsp3) is 0.435. The van der Waals surface area contributed by atoms with Gasteiger partial charge in [0.2, 0.25) is 0 Å². The number of amides is 1. The molecule has 3 atom stereocenters. The van der Waals surface area contributed by atoms with E-state index in [1.165, 1.54) is 19.4 Å². The Hall–Kier alpha value is -3.13. The molecular formula is C23H30N2O6. The number of ether oxygens (including phenoxy) is 3. The number of aldehydes is 1. The van der Waals surface area contributed by atoms with E-state index in [1.807, 2.05) is 44.2 Å². The van der Waals surface area contributed by atoms with Crippen molar-refractivity contribution in [2.45, 2.75) is 51.4 Å². The van der Waals surface area contributed by atoms with E-state index in [0.29, 0.717) is 6.29 Å². The van der Waals surface area contributed by atoms with Crippen LogP contribution in [0.15, 0.2) is 42.6 Å². The second kappa shape index (κ2) is 11.3. The zero-order valence-corrected chi connectivity index (χ0v) is 18.3. The topological polar surface area (TPSA) is 107 Å². The summed E-state index contributed by atoms with van der Waals surface area (Å²) in [7, 11) is 1.37. The second-order valence-corrected chi connectivity index (χ2v) is 7.47. The van der Waals surface area contributed by atoms with Gasteiger partial charge in [-0.1, -0.05) is 31.5 Å². The molecular weight excluding hydrogens is 400 g/mol. The Bertz CT molecular complexity index is 860. The molecule has 1 heterocycles. The Balaban J connectivity index is 2.06. The molecule has 8 nitrogen and oxygen atoms in total. The molecule has 0 aliphatic carbocycles. The molecule has 1 aromatic carbocycles. The lowest BCUT2D eigenvalue weighted by Crippen LogP contribution is -2.52. The van der Waals surface area contributed by atoms with Crippen LogP contribution >= 0.6 is 0 Å². The highest BCUT2D eigenvalue weighted by Gasteiger charge is 2.31. The maximum Gasteiger partial charge on any atom is 0.274 e. The van der Waals surface area contributed by atoms with E-state index in [1.54, 1.807) is 6.92 Å². The maximum atomic E-state index is 12.6. The summed E-state index contributed by atoms with van der Waals surface area (Å²) in [5.74, 6) is -0.273. The Kier molecular flexibility index (Phi) is 8.81. The van der Waals surface area contributed by atoms with E-state index >= 15 is 0 Å². The first-order chi connectivity index (χ1) is 14.8. The molecule has 2 aromatic rings. The van der Waals surface area contributed by atoms with Gasteiger partial charge in [-0.05, 0) is 32.4 Å². The van der Waals surface area contributed by atoms with E-state index in [4.69, 9.17) is 14.2 Å². The zero-order chi connectivity index (χ0) is 22.9. The van der Waals surface area contributed by atoms with Crippen LogP contribution < -0.4 is 14.8 Å². The van der Waals surface area contributed by atoms with E-state index in [0.717, 1.165) is 18.6 Å². The van der Waals surface area contributed by atoms with Gasteiger partial charge in [0.05, 0.1) is 19.8 Å². The van der Waals surface area contributed by atoms with Crippen LogP contribution in [0.4, 0.5) is 0 Å². The third kappa shape index (κ3) is 6.68. The van der Waals surface area contributed by atoms with Crippen molar-refractivity contribution in [2.24, 2.45) is 0 Å². The number of aromatic nitrogens is 1. The number of carbonyl (C=O) groups is 2. The van der Waals surface area contributed by atoms with Crippen LogP contribution in [0.2, 0.25) is 0 Å². The second-order valence-electron chi connectivity index (χ2n) is 7.47. The summed E-state index contributed by atoms with van der Waals surface area (Å²) >= 11 is 0. The molecule has 2 N–H and O–H groups in total. The summed E-state index contributed by atoms with van der Waals surface area (Å²) in [6, 6.07) is 10.8. The van der Waals surface area contributed by atoms with Crippen molar-refractivity contribution < 1.29 is 28.9 Å². The minimum atomic E-state index is -1.33. The normalized spacial score (nSPS) is 14.7. The Labute approximate surface area is 182 Å². The number of methoxy groups -OCH3 is 1. The zero-order valence-electron chi connectivity index (χ0n) is 18.3. The fourth-order valence-corrected chi connectivity index (χ4v) is 2.99. The molecule has 0 fully saturated rings. The van der Waals surface area contributed by atoms with Crippen LogP contribution in [0.3, 0.4) is 0 Å². The van der Waals surface area contributed by atoms with Gasteiger partial charge in [0.25, 0.3) is 5.91 Å².